The van der Waals surface area contributed by atoms with Gasteiger partial charge in [0.2, 0.25) is 0 Å². The molecule has 1 aromatic heterocycles. The number of carbonyl (C=O) groups excluding carboxylic acids is 2. The molecule has 0 radical (unpaired) electrons. The Morgan fingerprint density at radius 1 is 0.971 bits per heavy atom. The predicted molar refractivity (Wildman–Crippen MR) is 138 cm³/mol. The quantitative estimate of drug-likeness (QED) is 0.282. The van der Waals surface area contributed by atoms with Gasteiger partial charge >= 0.3 is 0 Å². The fraction of sp³-hybridized carbons (Fsp3) is 0.259. The molecule has 0 unspecified atom stereocenters. The van der Waals surface area contributed by atoms with Gasteiger partial charge in [0, 0.05) is 17.0 Å². The third-order valence-electron chi connectivity index (χ3n) is 5.15. The lowest BCUT2D eigenvalue weighted by Crippen LogP contribution is -2.35. The van der Waals surface area contributed by atoms with Crippen LogP contribution < -0.4 is 24.8 Å². The van der Waals surface area contributed by atoms with Gasteiger partial charge in [-0.1, -0.05) is 24.3 Å². The predicted octanol–water partition coefficient (Wildman–Crippen LogP) is 4.68. The summed E-state index contributed by atoms with van der Waals surface area (Å²) in [6.45, 7) is 3.01. The van der Waals surface area contributed by atoms with E-state index in [0.717, 1.165) is 29.0 Å². The SMILES string of the molecule is CCOc1ccccc1CCCNC(=O)/C(=C/c1cccs1)NC(=O)c1ccc(OC)c(OC)c1. The fourth-order valence-electron chi connectivity index (χ4n) is 3.43. The second kappa shape index (κ2) is 13.2. The highest BCUT2D eigenvalue weighted by atomic mass is 32.1. The van der Waals surface area contributed by atoms with Crippen LogP contribution in [-0.2, 0) is 11.2 Å². The van der Waals surface area contributed by atoms with Gasteiger partial charge in [-0.2, -0.15) is 0 Å². The Morgan fingerprint density at radius 2 is 1.77 bits per heavy atom. The summed E-state index contributed by atoms with van der Waals surface area (Å²) < 4.78 is 16.2. The highest BCUT2D eigenvalue weighted by Gasteiger charge is 2.16. The normalized spacial score (nSPS) is 11.0. The van der Waals surface area contributed by atoms with Crippen LogP contribution in [0, 0.1) is 0 Å². The van der Waals surface area contributed by atoms with E-state index in [2.05, 4.69) is 10.6 Å². The molecule has 0 atom stereocenters. The van der Waals surface area contributed by atoms with Gasteiger partial charge in [-0.3, -0.25) is 9.59 Å². The van der Waals surface area contributed by atoms with Crippen LogP contribution in [0.3, 0.4) is 0 Å². The topological polar surface area (TPSA) is 85.9 Å². The molecule has 3 rings (SSSR count). The van der Waals surface area contributed by atoms with Gasteiger partial charge < -0.3 is 24.8 Å². The number of methoxy groups -OCH3 is 2. The fourth-order valence-corrected chi connectivity index (χ4v) is 4.09. The van der Waals surface area contributed by atoms with Gasteiger partial charge in [0.05, 0.1) is 20.8 Å². The van der Waals surface area contributed by atoms with Crippen LogP contribution in [0.2, 0.25) is 0 Å². The molecule has 0 saturated carbocycles. The number of amides is 2. The van der Waals surface area contributed by atoms with Gasteiger partial charge in [-0.25, -0.2) is 0 Å². The highest BCUT2D eigenvalue weighted by Crippen LogP contribution is 2.27. The maximum atomic E-state index is 13.0. The molecular formula is C27H30N2O5S. The number of benzene rings is 2. The molecule has 3 aromatic rings. The van der Waals surface area contributed by atoms with E-state index >= 15 is 0 Å². The monoisotopic (exact) mass is 494 g/mol. The Balaban J connectivity index is 1.66. The van der Waals surface area contributed by atoms with Crippen LogP contribution in [0.5, 0.6) is 17.2 Å². The Kier molecular flexibility index (Phi) is 9.74. The first-order valence-electron chi connectivity index (χ1n) is 11.3. The Bertz CT molecular complexity index is 1160. The first-order chi connectivity index (χ1) is 17.0. The lowest BCUT2D eigenvalue weighted by molar-refractivity contribution is -0.117. The first-order valence-corrected chi connectivity index (χ1v) is 12.2. The van der Waals surface area contributed by atoms with E-state index in [1.165, 1.54) is 25.6 Å². The molecular weight excluding hydrogens is 464 g/mol. The van der Waals surface area contributed by atoms with Crippen LogP contribution in [0.1, 0.15) is 34.1 Å². The number of aryl methyl sites for hydroxylation is 1. The van der Waals surface area contributed by atoms with Crippen molar-refractivity contribution in [3.63, 3.8) is 0 Å². The zero-order valence-electron chi connectivity index (χ0n) is 20.1. The molecule has 35 heavy (non-hydrogen) atoms. The molecule has 0 fully saturated rings. The summed E-state index contributed by atoms with van der Waals surface area (Å²) in [4.78, 5) is 26.8. The van der Waals surface area contributed by atoms with E-state index in [1.807, 2.05) is 48.7 Å². The number of ether oxygens (including phenoxy) is 3. The van der Waals surface area contributed by atoms with E-state index in [9.17, 15) is 9.59 Å². The van der Waals surface area contributed by atoms with Gasteiger partial charge in [0.1, 0.15) is 11.4 Å². The van der Waals surface area contributed by atoms with Crippen molar-refractivity contribution in [2.45, 2.75) is 19.8 Å². The number of thiophene rings is 1. The second-order valence-electron chi connectivity index (χ2n) is 7.50. The second-order valence-corrected chi connectivity index (χ2v) is 8.48. The minimum Gasteiger partial charge on any atom is -0.494 e. The summed E-state index contributed by atoms with van der Waals surface area (Å²) in [5.74, 6) is 1.03. The molecule has 0 bridgehead atoms. The standard InChI is InChI=1S/C27H30N2O5S/c1-4-34-23-12-6-5-9-19(23)10-7-15-28-27(31)22(18-21-11-8-16-35-21)29-26(30)20-13-14-24(32-2)25(17-20)33-3/h5-6,8-9,11-14,16-18H,4,7,10,15H2,1-3H3,(H,28,31)(H,29,30)/b22-18-. The lowest BCUT2D eigenvalue weighted by atomic mass is 10.1. The Morgan fingerprint density at radius 3 is 2.49 bits per heavy atom. The maximum absolute atomic E-state index is 13.0. The summed E-state index contributed by atoms with van der Waals surface area (Å²) in [6.07, 6.45) is 3.16. The van der Waals surface area contributed by atoms with Crippen LogP contribution in [-0.4, -0.2) is 39.2 Å². The van der Waals surface area contributed by atoms with E-state index < -0.39 is 5.91 Å². The molecule has 2 amide bonds. The molecule has 1 heterocycles. The third-order valence-corrected chi connectivity index (χ3v) is 5.97. The van der Waals surface area contributed by atoms with E-state index in [4.69, 9.17) is 14.2 Å². The van der Waals surface area contributed by atoms with Gasteiger partial charge in [0.25, 0.3) is 11.8 Å². The van der Waals surface area contributed by atoms with Crippen molar-refractivity contribution in [2.75, 3.05) is 27.4 Å². The van der Waals surface area contributed by atoms with Crippen LogP contribution in [0.15, 0.2) is 65.7 Å². The molecule has 2 N–H and O–H groups in total. The van der Waals surface area contributed by atoms with Crippen molar-refractivity contribution < 1.29 is 23.8 Å². The van der Waals surface area contributed by atoms with Gasteiger partial charge in [-0.15, -0.1) is 11.3 Å². The smallest absolute Gasteiger partial charge is 0.267 e. The molecule has 2 aromatic carbocycles. The van der Waals surface area contributed by atoms with Crippen LogP contribution in [0.25, 0.3) is 6.08 Å². The van der Waals surface area contributed by atoms with Crippen molar-refractivity contribution in [3.8, 4) is 17.2 Å². The number of para-hydroxylation sites is 1. The van der Waals surface area contributed by atoms with Gasteiger partial charge in [0.15, 0.2) is 11.5 Å². The molecule has 0 spiro atoms. The average Bonchev–Trinajstić information content (AvgIpc) is 3.39. The number of carbonyl (C=O) groups is 2. The molecule has 7 nitrogen and oxygen atoms in total. The molecule has 0 aliphatic rings. The van der Waals surface area contributed by atoms with Crippen LogP contribution >= 0.6 is 11.3 Å². The average molecular weight is 495 g/mol. The van der Waals surface area contributed by atoms with E-state index in [1.54, 1.807) is 24.3 Å². The Hall–Kier alpha value is -3.78. The summed E-state index contributed by atoms with van der Waals surface area (Å²) in [6, 6.07) is 16.5. The largest absolute Gasteiger partial charge is 0.494 e. The van der Waals surface area contributed by atoms with Crippen molar-refractivity contribution in [1.29, 1.82) is 0 Å². The summed E-state index contributed by atoms with van der Waals surface area (Å²) in [7, 11) is 3.03. The molecule has 184 valence electrons. The number of rotatable bonds is 12. The minimum atomic E-state index is -0.422. The summed E-state index contributed by atoms with van der Waals surface area (Å²) in [5.41, 5.74) is 1.61. The minimum absolute atomic E-state index is 0.168. The van der Waals surface area contributed by atoms with Crippen molar-refractivity contribution in [3.05, 3.63) is 81.7 Å². The molecule has 0 saturated heterocycles. The zero-order valence-corrected chi connectivity index (χ0v) is 20.9. The number of nitrogens with one attached hydrogen (secondary N) is 2. The lowest BCUT2D eigenvalue weighted by Gasteiger charge is -2.13. The Labute approximate surface area is 209 Å². The van der Waals surface area contributed by atoms with Crippen LogP contribution in [0.4, 0.5) is 0 Å². The van der Waals surface area contributed by atoms with Crippen molar-refractivity contribution in [1.82, 2.24) is 10.6 Å². The van der Waals surface area contributed by atoms with E-state index in [0.29, 0.717) is 30.2 Å². The highest BCUT2D eigenvalue weighted by molar-refractivity contribution is 7.10. The molecule has 0 aliphatic carbocycles. The van der Waals surface area contributed by atoms with Gasteiger partial charge in [-0.05, 0) is 67.1 Å². The third kappa shape index (κ3) is 7.35. The van der Waals surface area contributed by atoms with E-state index in [-0.39, 0.29) is 11.6 Å². The van der Waals surface area contributed by atoms with Crippen molar-refractivity contribution >= 4 is 29.2 Å². The molecule has 0 aliphatic heterocycles. The summed E-state index contributed by atoms with van der Waals surface area (Å²) in [5, 5.41) is 7.57. The molecule has 8 heteroatoms. The zero-order chi connectivity index (χ0) is 25.0. The maximum Gasteiger partial charge on any atom is 0.267 e. The summed E-state index contributed by atoms with van der Waals surface area (Å²) >= 11 is 1.48. The number of hydrogen-bond acceptors (Lipinski definition) is 6. The first kappa shape index (κ1) is 25.8. The number of hydrogen-bond donors (Lipinski definition) is 2. The van der Waals surface area contributed by atoms with Crippen molar-refractivity contribution in [2.24, 2.45) is 0 Å².